The van der Waals surface area contributed by atoms with E-state index in [9.17, 15) is 4.39 Å². The molecule has 1 heterocycles. The summed E-state index contributed by atoms with van der Waals surface area (Å²) in [5, 5.41) is 0.322. The van der Waals surface area contributed by atoms with Gasteiger partial charge in [-0.3, -0.25) is 0 Å². The molecule has 100 valence electrons. The first-order valence-corrected chi connectivity index (χ1v) is 5.97. The Morgan fingerprint density at radius 2 is 2.00 bits per heavy atom. The predicted molar refractivity (Wildman–Crippen MR) is 70.4 cm³/mol. The second kappa shape index (κ2) is 5.36. The summed E-state index contributed by atoms with van der Waals surface area (Å²) in [4.78, 5) is 11.9. The number of aromatic nitrogens is 3. The number of hydrogen-bond donors (Lipinski definition) is 1. The first kappa shape index (κ1) is 13.5. The Balaban J connectivity index is 2.49. The topological polar surface area (TPSA) is 73.9 Å². The van der Waals surface area contributed by atoms with Crippen LogP contribution in [0.2, 0.25) is 5.02 Å². The molecule has 7 heteroatoms. The quantitative estimate of drug-likeness (QED) is 0.937. The fourth-order valence-electron chi connectivity index (χ4n) is 1.42. The Labute approximate surface area is 114 Å². The van der Waals surface area contributed by atoms with E-state index in [1.165, 1.54) is 18.2 Å². The molecule has 0 unspecified atom stereocenters. The molecule has 0 aliphatic heterocycles. The van der Waals surface area contributed by atoms with Gasteiger partial charge in [0.25, 0.3) is 0 Å². The van der Waals surface area contributed by atoms with E-state index in [1.54, 1.807) is 0 Å². The molecule has 0 radical (unpaired) electrons. The predicted octanol–water partition coefficient (Wildman–Crippen LogP) is 2.70. The number of anilines is 1. The lowest BCUT2D eigenvalue weighted by Crippen LogP contribution is -2.11. The molecule has 1 aromatic carbocycles. The molecule has 5 nitrogen and oxygen atoms in total. The molecule has 0 bridgehead atoms. The van der Waals surface area contributed by atoms with Crippen molar-refractivity contribution < 1.29 is 9.13 Å². The van der Waals surface area contributed by atoms with Crippen LogP contribution in [-0.2, 0) is 0 Å². The maximum Gasteiger partial charge on any atom is 0.322 e. The zero-order chi connectivity index (χ0) is 14.0. The van der Waals surface area contributed by atoms with Gasteiger partial charge in [-0.2, -0.15) is 15.0 Å². The van der Waals surface area contributed by atoms with Crippen LogP contribution in [0.15, 0.2) is 18.2 Å². The number of benzene rings is 1. The van der Waals surface area contributed by atoms with E-state index in [4.69, 9.17) is 22.1 Å². The number of halogens is 2. The average molecular weight is 283 g/mol. The van der Waals surface area contributed by atoms with Crippen LogP contribution in [0.3, 0.4) is 0 Å². The average Bonchev–Trinajstić information content (AvgIpc) is 2.30. The summed E-state index contributed by atoms with van der Waals surface area (Å²) in [6.07, 6.45) is -0.113. The summed E-state index contributed by atoms with van der Waals surface area (Å²) in [5.41, 5.74) is 5.92. The second-order valence-electron chi connectivity index (χ2n) is 4.09. The van der Waals surface area contributed by atoms with Gasteiger partial charge in [0.15, 0.2) is 5.82 Å². The van der Waals surface area contributed by atoms with Gasteiger partial charge in [0.05, 0.1) is 11.1 Å². The molecular formula is C12H12ClFN4O. The SMILES string of the molecule is CC(C)Oc1nc(N)nc(-c2cc(F)ccc2Cl)n1. The molecule has 19 heavy (non-hydrogen) atoms. The summed E-state index contributed by atoms with van der Waals surface area (Å²) in [5.74, 6) is -0.279. The molecule has 2 N–H and O–H groups in total. The number of nitrogen functional groups attached to an aromatic ring is 1. The van der Waals surface area contributed by atoms with E-state index in [2.05, 4.69) is 15.0 Å². The zero-order valence-corrected chi connectivity index (χ0v) is 11.1. The Kier molecular flexibility index (Phi) is 3.80. The molecule has 0 aliphatic rings. The van der Waals surface area contributed by atoms with Crippen molar-refractivity contribution in [3.05, 3.63) is 29.0 Å². The highest BCUT2D eigenvalue weighted by Crippen LogP contribution is 2.27. The van der Waals surface area contributed by atoms with E-state index in [0.29, 0.717) is 10.6 Å². The molecule has 0 amide bonds. The van der Waals surface area contributed by atoms with Gasteiger partial charge in [0, 0.05) is 5.56 Å². The van der Waals surface area contributed by atoms with Crippen molar-refractivity contribution in [1.29, 1.82) is 0 Å². The van der Waals surface area contributed by atoms with Crippen LogP contribution in [0.1, 0.15) is 13.8 Å². The standard InChI is InChI=1S/C12H12ClFN4O/c1-6(2)19-12-17-10(16-11(15)18-12)8-5-7(14)3-4-9(8)13/h3-6H,1-2H3,(H2,15,16,17,18). The monoisotopic (exact) mass is 282 g/mol. The Bertz CT molecular complexity index is 606. The van der Waals surface area contributed by atoms with Crippen molar-refractivity contribution in [3.63, 3.8) is 0 Å². The highest BCUT2D eigenvalue weighted by atomic mass is 35.5. The minimum absolute atomic E-state index is 0.0130. The smallest absolute Gasteiger partial charge is 0.322 e. The van der Waals surface area contributed by atoms with E-state index in [1.807, 2.05) is 13.8 Å². The Morgan fingerprint density at radius 3 is 2.68 bits per heavy atom. The van der Waals surface area contributed by atoms with E-state index in [-0.39, 0.29) is 23.9 Å². The molecule has 2 aromatic rings. The number of nitrogens with zero attached hydrogens (tertiary/aromatic N) is 3. The zero-order valence-electron chi connectivity index (χ0n) is 10.4. The molecule has 0 spiro atoms. The lowest BCUT2D eigenvalue weighted by atomic mass is 10.2. The molecular weight excluding hydrogens is 271 g/mol. The second-order valence-corrected chi connectivity index (χ2v) is 4.50. The van der Waals surface area contributed by atoms with Gasteiger partial charge in [0.1, 0.15) is 5.82 Å². The first-order chi connectivity index (χ1) is 8.95. The van der Waals surface area contributed by atoms with Gasteiger partial charge in [0.2, 0.25) is 5.95 Å². The third-order valence-electron chi connectivity index (χ3n) is 2.14. The summed E-state index contributed by atoms with van der Waals surface area (Å²) in [6.45, 7) is 3.66. The van der Waals surface area contributed by atoms with Crippen molar-refractivity contribution in [3.8, 4) is 17.4 Å². The van der Waals surface area contributed by atoms with Crippen LogP contribution in [0.25, 0.3) is 11.4 Å². The lowest BCUT2D eigenvalue weighted by molar-refractivity contribution is 0.222. The van der Waals surface area contributed by atoms with Crippen LogP contribution in [0, 0.1) is 5.82 Å². The van der Waals surface area contributed by atoms with Gasteiger partial charge < -0.3 is 10.5 Å². The van der Waals surface area contributed by atoms with Gasteiger partial charge in [-0.05, 0) is 32.0 Å². The summed E-state index contributed by atoms with van der Waals surface area (Å²) in [6, 6.07) is 3.99. The maximum absolute atomic E-state index is 13.3. The molecule has 0 fully saturated rings. The highest BCUT2D eigenvalue weighted by molar-refractivity contribution is 6.33. The number of hydrogen-bond acceptors (Lipinski definition) is 5. The van der Waals surface area contributed by atoms with Gasteiger partial charge in [-0.25, -0.2) is 4.39 Å². The van der Waals surface area contributed by atoms with Crippen LogP contribution in [-0.4, -0.2) is 21.1 Å². The van der Waals surface area contributed by atoms with Crippen LogP contribution >= 0.6 is 11.6 Å². The number of rotatable bonds is 3. The largest absolute Gasteiger partial charge is 0.461 e. The first-order valence-electron chi connectivity index (χ1n) is 5.59. The van der Waals surface area contributed by atoms with Crippen LogP contribution < -0.4 is 10.5 Å². The Hall–Kier alpha value is -1.95. The van der Waals surface area contributed by atoms with Crippen LogP contribution in [0.4, 0.5) is 10.3 Å². The molecule has 0 saturated carbocycles. The number of nitrogens with two attached hydrogens (primary N) is 1. The van der Waals surface area contributed by atoms with Crippen LogP contribution in [0.5, 0.6) is 6.01 Å². The summed E-state index contributed by atoms with van der Waals surface area (Å²) >= 11 is 5.99. The normalized spacial score (nSPS) is 10.8. The Morgan fingerprint density at radius 1 is 1.26 bits per heavy atom. The minimum Gasteiger partial charge on any atom is -0.461 e. The molecule has 0 aliphatic carbocycles. The van der Waals surface area contributed by atoms with Crippen molar-refractivity contribution in [2.45, 2.75) is 20.0 Å². The fourth-order valence-corrected chi connectivity index (χ4v) is 1.63. The van der Waals surface area contributed by atoms with Crippen molar-refractivity contribution >= 4 is 17.5 Å². The van der Waals surface area contributed by atoms with E-state index >= 15 is 0 Å². The van der Waals surface area contributed by atoms with Gasteiger partial charge in [-0.1, -0.05) is 11.6 Å². The highest BCUT2D eigenvalue weighted by Gasteiger charge is 2.12. The van der Waals surface area contributed by atoms with Gasteiger partial charge >= 0.3 is 6.01 Å². The van der Waals surface area contributed by atoms with E-state index in [0.717, 1.165) is 0 Å². The molecule has 0 atom stereocenters. The summed E-state index contributed by atoms with van der Waals surface area (Å²) < 4.78 is 18.6. The third-order valence-corrected chi connectivity index (χ3v) is 2.47. The molecule has 2 rings (SSSR count). The van der Waals surface area contributed by atoms with Gasteiger partial charge in [-0.15, -0.1) is 0 Å². The fraction of sp³-hybridized carbons (Fsp3) is 0.250. The maximum atomic E-state index is 13.3. The molecule has 0 saturated heterocycles. The lowest BCUT2D eigenvalue weighted by Gasteiger charge is -2.09. The van der Waals surface area contributed by atoms with Crippen molar-refractivity contribution in [1.82, 2.24) is 15.0 Å². The minimum atomic E-state index is -0.440. The third kappa shape index (κ3) is 3.29. The van der Waals surface area contributed by atoms with Crippen molar-refractivity contribution in [2.75, 3.05) is 5.73 Å². The summed E-state index contributed by atoms with van der Waals surface area (Å²) in [7, 11) is 0. The van der Waals surface area contributed by atoms with E-state index < -0.39 is 5.82 Å². The van der Waals surface area contributed by atoms with Crippen molar-refractivity contribution in [2.24, 2.45) is 0 Å². The molecule has 1 aromatic heterocycles. The number of ether oxygens (including phenoxy) is 1.